The molecular formula is C10H15N3O2S. The lowest BCUT2D eigenvalue weighted by atomic mass is 10.4. The lowest BCUT2D eigenvalue weighted by Gasteiger charge is -2.16. The summed E-state index contributed by atoms with van der Waals surface area (Å²) in [6.07, 6.45) is 3.37. The zero-order valence-corrected chi connectivity index (χ0v) is 10.00. The Morgan fingerprint density at radius 2 is 2.06 bits per heavy atom. The smallest absolute Gasteiger partial charge is 0.262 e. The number of aromatic nitrogens is 1. The normalized spacial score (nSPS) is 17.6. The molecule has 0 aromatic carbocycles. The molecular weight excluding hydrogens is 226 g/mol. The van der Waals surface area contributed by atoms with E-state index in [9.17, 15) is 8.42 Å². The van der Waals surface area contributed by atoms with Crippen molar-refractivity contribution in [3.8, 4) is 0 Å². The van der Waals surface area contributed by atoms with Crippen molar-refractivity contribution in [1.82, 2.24) is 9.29 Å². The van der Waals surface area contributed by atoms with Crippen molar-refractivity contribution in [3.63, 3.8) is 0 Å². The van der Waals surface area contributed by atoms with Gasteiger partial charge in [0.2, 0.25) is 0 Å². The van der Waals surface area contributed by atoms with E-state index in [2.05, 4.69) is 10.3 Å². The average Bonchev–Trinajstić information content (AvgIpc) is 2.83. The highest BCUT2D eigenvalue weighted by Crippen LogP contribution is 2.24. The van der Waals surface area contributed by atoms with Crippen molar-refractivity contribution in [1.29, 1.82) is 0 Å². The molecule has 2 heterocycles. The fourth-order valence-electron chi connectivity index (χ4n) is 1.84. The molecule has 1 aromatic rings. The SMILES string of the molecule is CNc1cccnc1S(=O)(=O)N1CCCC1. The molecule has 0 spiro atoms. The number of anilines is 1. The highest BCUT2D eigenvalue weighted by Gasteiger charge is 2.30. The van der Waals surface area contributed by atoms with Crippen molar-refractivity contribution in [3.05, 3.63) is 18.3 Å². The molecule has 0 bridgehead atoms. The molecule has 0 atom stereocenters. The first-order valence-electron chi connectivity index (χ1n) is 5.29. The van der Waals surface area contributed by atoms with Gasteiger partial charge in [0.15, 0.2) is 5.03 Å². The summed E-state index contributed by atoms with van der Waals surface area (Å²) in [5.41, 5.74) is 0.550. The molecule has 0 saturated carbocycles. The van der Waals surface area contributed by atoms with Gasteiger partial charge in [0.05, 0.1) is 5.69 Å². The van der Waals surface area contributed by atoms with E-state index in [-0.39, 0.29) is 5.03 Å². The topological polar surface area (TPSA) is 62.3 Å². The van der Waals surface area contributed by atoms with Gasteiger partial charge in [-0.2, -0.15) is 4.31 Å². The van der Waals surface area contributed by atoms with Crippen LogP contribution >= 0.6 is 0 Å². The highest BCUT2D eigenvalue weighted by molar-refractivity contribution is 7.89. The third-order valence-electron chi connectivity index (χ3n) is 2.69. The molecule has 1 aliphatic rings. The summed E-state index contributed by atoms with van der Waals surface area (Å²) in [5.74, 6) is 0. The number of pyridine rings is 1. The number of nitrogens with zero attached hydrogens (tertiary/aromatic N) is 2. The molecule has 0 radical (unpaired) electrons. The average molecular weight is 241 g/mol. The van der Waals surface area contributed by atoms with Crippen LogP contribution in [0.25, 0.3) is 0 Å². The minimum Gasteiger partial charge on any atom is -0.386 e. The van der Waals surface area contributed by atoms with Crippen molar-refractivity contribution >= 4 is 15.7 Å². The first-order chi connectivity index (χ1) is 7.66. The maximum Gasteiger partial charge on any atom is 0.262 e. The molecule has 2 rings (SSSR count). The molecule has 16 heavy (non-hydrogen) atoms. The molecule has 6 heteroatoms. The maximum atomic E-state index is 12.2. The van der Waals surface area contributed by atoms with Crippen LogP contribution in [0.5, 0.6) is 0 Å². The third kappa shape index (κ3) is 1.90. The molecule has 88 valence electrons. The Morgan fingerprint density at radius 3 is 2.69 bits per heavy atom. The second-order valence-corrected chi connectivity index (χ2v) is 5.57. The van der Waals surface area contributed by atoms with E-state index >= 15 is 0 Å². The van der Waals surface area contributed by atoms with Gasteiger partial charge >= 0.3 is 0 Å². The van der Waals surface area contributed by atoms with Crippen LogP contribution in [-0.2, 0) is 10.0 Å². The van der Waals surface area contributed by atoms with Crippen molar-refractivity contribution in [2.75, 3.05) is 25.5 Å². The van der Waals surface area contributed by atoms with Crippen LogP contribution in [0.4, 0.5) is 5.69 Å². The van der Waals surface area contributed by atoms with Gasteiger partial charge in [-0.1, -0.05) is 0 Å². The van der Waals surface area contributed by atoms with Gasteiger partial charge < -0.3 is 5.32 Å². The molecule has 0 unspecified atom stereocenters. The summed E-state index contributed by atoms with van der Waals surface area (Å²) in [6, 6.07) is 3.44. The van der Waals surface area contributed by atoms with Crippen LogP contribution in [0.1, 0.15) is 12.8 Å². The van der Waals surface area contributed by atoms with E-state index in [1.165, 1.54) is 10.5 Å². The highest BCUT2D eigenvalue weighted by atomic mass is 32.2. The van der Waals surface area contributed by atoms with E-state index in [0.29, 0.717) is 18.8 Å². The molecule has 1 saturated heterocycles. The van der Waals surface area contributed by atoms with Crippen LogP contribution in [0, 0.1) is 0 Å². The van der Waals surface area contributed by atoms with Gasteiger partial charge in [0.1, 0.15) is 0 Å². The van der Waals surface area contributed by atoms with Gasteiger partial charge in [-0.25, -0.2) is 13.4 Å². The number of hydrogen-bond acceptors (Lipinski definition) is 4. The van der Waals surface area contributed by atoms with Gasteiger partial charge in [0, 0.05) is 26.3 Å². The number of hydrogen-bond donors (Lipinski definition) is 1. The Bertz CT molecular complexity index is 467. The molecule has 1 fully saturated rings. The molecule has 0 aliphatic carbocycles. The van der Waals surface area contributed by atoms with E-state index in [0.717, 1.165) is 12.8 Å². The summed E-state index contributed by atoms with van der Waals surface area (Å²) in [5, 5.41) is 2.98. The molecule has 1 aromatic heterocycles. The summed E-state index contributed by atoms with van der Waals surface area (Å²) in [6.45, 7) is 1.20. The molecule has 1 aliphatic heterocycles. The maximum absolute atomic E-state index is 12.2. The Balaban J connectivity index is 2.42. The van der Waals surface area contributed by atoms with Crippen molar-refractivity contribution in [2.45, 2.75) is 17.9 Å². The van der Waals surface area contributed by atoms with Gasteiger partial charge in [-0.05, 0) is 25.0 Å². The fourth-order valence-corrected chi connectivity index (χ4v) is 3.46. The quantitative estimate of drug-likeness (QED) is 0.854. The monoisotopic (exact) mass is 241 g/mol. The zero-order chi connectivity index (χ0) is 11.6. The van der Waals surface area contributed by atoms with E-state index in [4.69, 9.17) is 0 Å². The summed E-state index contributed by atoms with van der Waals surface area (Å²) in [7, 11) is -1.73. The summed E-state index contributed by atoms with van der Waals surface area (Å²) >= 11 is 0. The lowest BCUT2D eigenvalue weighted by Crippen LogP contribution is -2.29. The predicted octanol–water partition coefficient (Wildman–Crippen LogP) is 0.908. The van der Waals surface area contributed by atoms with Crippen molar-refractivity contribution < 1.29 is 8.42 Å². The summed E-state index contributed by atoms with van der Waals surface area (Å²) in [4.78, 5) is 3.97. The standard InChI is InChI=1S/C10H15N3O2S/c1-11-9-5-4-6-12-10(9)16(14,15)13-7-2-3-8-13/h4-6,11H,2-3,7-8H2,1H3. The van der Waals surface area contributed by atoms with Crippen molar-refractivity contribution in [2.24, 2.45) is 0 Å². The van der Waals surface area contributed by atoms with Gasteiger partial charge in [-0.3, -0.25) is 0 Å². The van der Waals surface area contributed by atoms with Crippen LogP contribution in [0.2, 0.25) is 0 Å². The molecule has 5 nitrogen and oxygen atoms in total. The fraction of sp³-hybridized carbons (Fsp3) is 0.500. The lowest BCUT2D eigenvalue weighted by molar-refractivity contribution is 0.475. The number of sulfonamides is 1. The number of rotatable bonds is 3. The van der Waals surface area contributed by atoms with Crippen LogP contribution in [0.3, 0.4) is 0 Å². The first kappa shape index (κ1) is 11.3. The Hall–Kier alpha value is -1.14. The third-order valence-corrected chi connectivity index (χ3v) is 4.55. The Labute approximate surface area is 95.5 Å². The van der Waals surface area contributed by atoms with E-state index in [1.807, 2.05) is 0 Å². The van der Waals surface area contributed by atoms with E-state index in [1.54, 1.807) is 19.2 Å². The summed E-state index contributed by atoms with van der Waals surface area (Å²) < 4.78 is 26.0. The second kappa shape index (κ2) is 4.39. The molecule has 0 amide bonds. The largest absolute Gasteiger partial charge is 0.386 e. The molecule has 1 N–H and O–H groups in total. The van der Waals surface area contributed by atoms with Crippen LogP contribution in [-0.4, -0.2) is 37.8 Å². The van der Waals surface area contributed by atoms with Crippen LogP contribution in [0.15, 0.2) is 23.4 Å². The van der Waals surface area contributed by atoms with Gasteiger partial charge in [-0.15, -0.1) is 0 Å². The minimum absolute atomic E-state index is 0.124. The Morgan fingerprint density at radius 1 is 1.38 bits per heavy atom. The zero-order valence-electron chi connectivity index (χ0n) is 9.18. The first-order valence-corrected chi connectivity index (χ1v) is 6.73. The second-order valence-electron chi connectivity index (χ2n) is 3.72. The predicted molar refractivity (Wildman–Crippen MR) is 61.8 cm³/mol. The van der Waals surface area contributed by atoms with E-state index < -0.39 is 10.0 Å². The Kier molecular flexibility index (Phi) is 3.11. The minimum atomic E-state index is -3.42. The number of nitrogens with one attached hydrogen (secondary N) is 1. The van der Waals surface area contributed by atoms with Crippen LogP contribution < -0.4 is 5.32 Å². The van der Waals surface area contributed by atoms with Gasteiger partial charge in [0.25, 0.3) is 10.0 Å².